The first-order valence-electron chi connectivity index (χ1n) is 0. The van der Waals surface area contributed by atoms with Crippen LogP contribution >= 0.6 is 0 Å². The first-order valence-corrected chi connectivity index (χ1v) is 0. The molecule has 1 nitrogen and oxygen atoms in total. The third-order valence-corrected chi connectivity index (χ3v) is 0. The van der Waals surface area contributed by atoms with Gasteiger partial charge in [0.2, 0.25) is 0 Å². The smallest absolute Gasteiger partial charge is 1.00 e. The predicted octanol–water partition coefficient (Wildman–Crippen LogP) is -6.11. The van der Waals surface area contributed by atoms with E-state index in [0.717, 1.165) is 0 Å². The molecule has 0 spiro atoms. The van der Waals surface area contributed by atoms with Gasteiger partial charge in [0.15, 0.2) is 0 Å². The molecule has 0 aliphatic heterocycles. The van der Waals surface area contributed by atoms with E-state index in [1.807, 2.05) is 0 Å². The molecule has 0 N–H and O–H groups in total. The Labute approximate surface area is 141 Å². The van der Waals surface area contributed by atoms with Gasteiger partial charge < -0.3 is 5.48 Å². The molecule has 0 amide bonds. The van der Waals surface area contributed by atoms with Gasteiger partial charge in [-0.15, -0.1) is 0 Å². The fourth-order valence-electron chi connectivity index (χ4n) is 0. The van der Waals surface area contributed by atoms with Crippen molar-refractivity contribution in [1.29, 1.82) is 0 Å². The molecule has 0 rings (SSSR count). The van der Waals surface area contributed by atoms with Gasteiger partial charge in [-0.1, -0.05) is 0 Å². The second kappa shape index (κ2) is 15.6. The summed E-state index contributed by atoms with van der Waals surface area (Å²) in [5, 5.41) is 0. The summed E-state index contributed by atoms with van der Waals surface area (Å²) in [5.74, 6) is 0. The van der Waals surface area contributed by atoms with Crippen molar-refractivity contribution >= 4 is 0 Å². The first-order chi connectivity index (χ1) is 0. The Hall–Kier alpha value is 4.49. The van der Waals surface area contributed by atoms with Crippen molar-refractivity contribution < 1.29 is 146 Å². The molecule has 0 fully saturated rings. The van der Waals surface area contributed by atoms with Crippen molar-refractivity contribution in [2.45, 2.75) is 0 Å². The van der Waals surface area contributed by atoms with Gasteiger partial charge in [-0.2, -0.15) is 0 Å². The topological polar surface area (TPSA) is 28.5 Å². The van der Waals surface area contributed by atoms with Gasteiger partial charge in [0.25, 0.3) is 0 Å². The molecule has 0 radical (unpaired) electrons. The minimum atomic E-state index is 0. The molecule has 4 heteroatoms. The number of rotatable bonds is 0. The van der Waals surface area contributed by atoms with Crippen LogP contribution in [0.2, 0.25) is 0 Å². The molecule has 0 aromatic rings. The van der Waals surface area contributed by atoms with Crippen LogP contribution in [-0.4, -0.2) is 0 Å². The van der Waals surface area contributed by atoms with E-state index < -0.39 is 0 Å². The standard InChI is InChI=1S/Ar.2K.O/q;2*+1;-2. The average Bonchev–Trinajstić information content (AvgIpc) is 0. The second-order valence-electron chi connectivity index (χ2n) is 0. The Morgan fingerprint density at radius 3 is 0.750 bits per heavy atom. The number of hydrogen-bond acceptors (Lipinski definition) is 0. The molecule has 0 aliphatic rings. The van der Waals surface area contributed by atoms with E-state index in [9.17, 15) is 0 Å². The molecule has 0 unspecified atom stereocenters. The second-order valence-corrected chi connectivity index (χ2v) is 0. The van der Waals surface area contributed by atoms with E-state index in [1.165, 1.54) is 0 Å². The molecular formula is ArK2O. The van der Waals surface area contributed by atoms with Crippen molar-refractivity contribution in [1.82, 2.24) is 0 Å². The van der Waals surface area contributed by atoms with E-state index in [2.05, 4.69) is 0 Å². The van der Waals surface area contributed by atoms with Gasteiger partial charge in [-0.05, 0) is 0 Å². The average molecular weight is 134 g/mol. The monoisotopic (exact) mass is 134 g/mol. The summed E-state index contributed by atoms with van der Waals surface area (Å²) in [5.41, 5.74) is 0. The summed E-state index contributed by atoms with van der Waals surface area (Å²) in [6.45, 7) is 0. The van der Waals surface area contributed by atoms with Crippen LogP contribution in [0.15, 0.2) is 0 Å². The Morgan fingerprint density at radius 2 is 0.750 bits per heavy atom. The third-order valence-electron chi connectivity index (χ3n) is 0. The maximum absolute atomic E-state index is 0. The summed E-state index contributed by atoms with van der Waals surface area (Å²) in [6, 6.07) is 0. The molecule has 0 saturated carbocycles. The fraction of sp³-hybridized carbons (Fsp3) is 0. The van der Waals surface area contributed by atoms with Crippen LogP contribution in [0.25, 0.3) is 0 Å². The molecule has 0 aromatic heterocycles. The Kier molecular flexibility index (Phi) is 92.4. The van der Waals surface area contributed by atoms with Crippen molar-refractivity contribution in [2.75, 3.05) is 0 Å². The van der Waals surface area contributed by atoms with Crippen LogP contribution in [-0.2, 0) is 5.48 Å². The zero-order valence-electron chi connectivity index (χ0n) is 2.76. The molecule has 0 heterocycles. The minimum Gasteiger partial charge on any atom is -2.00 e. The maximum Gasteiger partial charge on any atom is 1.00 e. The summed E-state index contributed by atoms with van der Waals surface area (Å²) in [6.07, 6.45) is 0. The van der Waals surface area contributed by atoms with E-state index >= 15 is 0 Å². The van der Waals surface area contributed by atoms with Crippen LogP contribution in [0, 0.1) is 37.7 Å². The molecule has 16 valence electrons. The molecule has 0 bridgehead atoms. The predicted molar refractivity (Wildman–Crippen MR) is 0.686 cm³/mol. The molecule has 0 atom stereocenters. The van der Waals surface area contributed by atoms with Crippen molar-refractivity contribution in [3.8, 4) is 0 Å². The van der Waals surface area contributed by atoms with Crippen LogP contribution < -0.4 is 103 Å². The van der Waals surface area contributed by atoms with Gasteiger partial charge in [0.1, 0.15) is 0 Å². The summed E-state index contributed by atoms with van der Waals surface area (Å²) >= 11 is 0. The first kappa shape index (κ1) is 23.6. The Morgan fingerprint density at radius 1 is 0.750 bits per heavy atom. The largest absolute Gasteiger partial charge is 2.00 e. The van der Waals surface area contributed by atoms with Gasteiger partial charge >= 0.3 is 103 Å². The quantitative estimate of drug-likeness (QED) is 0.295. The van der Waals surface area contributed by atoms with E-state index in [-0.39, 0.29) is 146 Å². The van der Waals surface area contributed by atoms with Crippen LogP contribution in [0.4, 0.5) is 0 Å². The normalized spacial score (nSPS) is 0. The van der Waals surface area contributed by atoms with Gasteiger partial charge in [0.05, 0.1) is 0 Å². The van der Waals surface area contributed by atoms with Crippen LogP contribution in [0.5, 0.6) is 0 Å². The summed E-state index contributed by atoms with van der Waals surface area (Å²) in [7, 11) is 0. The van der Waals surface area contributed by atoms with Crippen molar-refractivity contribution in [3.05, 3.63) is 0 Å². The number of hydrogen-bond donors (Lipinski definition) is 0. The third kappa shape index (κ3) is 9.70. The Bertz CT molecular complexity index is 6.00. The SMILES string of the molecule is [Ar].[K+].[K+].[O-2]. The van der Waals surface area contributed by atoms with Crippen LogP contribution in [0.3, 0.4) is 0 Å². The van der Waals surface area contributed by atoms with Crippen molar-refractivity contribution in [2.24, 2.45) is 0 Å². The molecule has 0 aromatic carbocycles. The van der Waals surface area contributed by atoms with Gasteiger partial charge in [0, 0.05) is 37.7 Å². The molecule has 0 saturated heterocycles. The van der Waals surface area contributed by atoms with Gasteiger partial charge in [-0.3, -0.25) is 0 Å². The Balaban J connectivity index is 0. The zero-order chi connectivity index (χ0) is 0. The van der Waals surface area contributed by atoms with E-state index in [0.29, 0.717) is 0 Å². The van der Waals surface area contributed by atoms with Crippen LogP contribution in [0.1, 0.15) is 0 Å². The minimum absolute atomic E-state index is 0. The fourth-order valence-corrected chi connectivity index (χ4v) is 0. The van der Waals surface area contributed by atoms with Crippen molar-refractivity contribution in [3.63, 3.8) is 0 Å². The van der Waals surface area contributed by atoms with Gasteiger partial charge in [-0.25, -0.2) is 0 Å². The maximum atomic E-state index is 0. The zero-order valence-corrected chi connectivity index (χ0v) is 9.72. The van der Waals surface area contributed by atoms with E-state index in [1.54, 1.807) is 0 Å². The summed E-state index contributed by atoms with van der Waals surface area (Å²) in [4.78, 5) is 0. The molecule has 4 heavy (non-hydrogen) atoms. The molecule has 0 aliphatic carbocycles. The molecular weight excluding hydrogens is 134 g/mol. The van der Waals surface area contributed by atoms with E-state index in [4.69, 9.17) is 0 Å². The summed E-state index contributed by atoms with van der Waals surface area (Å²) < 4.78 is 0.